The Hall–Kier alpha value is -2.17. The van der Waals surface area contributed by atoms with Crippen molar-refractivity contribution in [2.75, 3.05) is 13.1 Å². The van der Waals surface area contributed by atoms with Gasteiger partial charge in [0, 0.05) is 31.7 Å². The Morgan fingerprint density at radius 3 is 2.62 bits per heavy atom. The number of aromatic nitrogens is 3. The number of carbonyl (C=O) groups is 1. The lowest BCUT2D eigenvalue weighted by molar-refractivity contribution is 0.0780. The number of hydrogen-bond donors (Lipinski definition) is 0. The average Bonchev–Trinajstić information content (AvgIpc) is 3.23. The van der Waals surface area contributed by atoms with Crippen molar-refractivity contribution in [1.29, 1.82) is 0 Å². The Morgan fingerprint density at radius 2 is 2.00 bits per heavy atom. The fourth-order valence-corrected chi connectivity index (χ4v) is 3.64. The van der Waals surface area contributed by atoms with Crippen LogP contribution in [0.15, 0.2) is 37.1 Å². The summed E-state index contributed by atoms with van der Waals surface area (Å²) in [6, 6.07) is 3.73. The van der Waals surface area contributed by atoms with Crippen LogP contribution in [0.3, 0.4) is 0 Å². The SMILES string of the molecule is O=C(c1ccc(-n2ccnc2)nc1)N1C[C@H]2CCC[C@H]2C1. The highest BCUT2D eigenvalue weighted by molar-refractivity contribution is 5.94. The molecule has 1 saturated carbocycles. The molecular formula is C16H18N4O. The highest BCUT2D eigenvalue weighted by atomic mass is 16.2. The second-order valence-corrected chi connectivity index (χ2v) is 6.04. The minimum Gasteiger partial charge on any atom is -0.338 e. The Labute approximate surface area is 123 Å². The van der Waals surface area contributed by atoms with E-state index in [-0.39, 0.29) is 5.91 Å². The fourth-order valence-electron chi connectivity index (χ4n) is 3.64. The number of hydrogen-bond acceptors (Lipinski definition) is 3. The van der Waals surface area contributed by atoms with Gasteiger partial charge in [0.1, 0.15) is 12.1 Å². The van der Waals surface area contributed by atoms with Crippen molar-refractivity contribution in [2.24, 2.45) is 11.8 Å². The first-order valence-corrected chi connectivity index (χ1v) is 7.55. The van der Waals surface area contributed by atoms with Crippen molar-refractivity contribution in [2.45, 2.75) is 19.3 Å². The highest BCUT2D eigenvalue weighted by Crippen LogP contribution is 2.38. The van der Waals surface area contributed by atoms with E-state index in [0.29, 0.717) is 5.56 Å². The third-order valence-corrected chi connectivity index (χ3v) is 4.78. The van der Waals surface area contributed by atoms with Crippen LogP contribution in [0, 0.1) is 11.8 Å². The molecule has 5 nitrogen and oxygen atoms in total. The zero-order chi connectivity index (χ0) is 14.2. The summed E-state index contributed by atoms with van der Waals surface area (Å²) in [5.41, 5.74) is 0.679. The number of rotatable bonds is 2. The van der Waals surface area contributed by atoms with Gasteiger partial charge in [-0.25, -0.2) is 9.97 Å². The van der Waals surface area contributed by atoms with Crippen LogP contribution in [0.1, 0.15) is 29.6 Å². The van der Waals surface area contributed by atoms with Crippen LogP contribution in [-0.4, -0.2) is 38.4 Å². The van der Waals surface area contributed by atoms with E-state index in [1.165, 1.54) is 19.3 Å². The summed E-state index contributed by atoms with van der Waals surface area (Å²) in [5, 5.41) is 0. The number of likely N-dealkylation sites (tertiary alicyclic amines) is 1. The lowest BCUT2D eigenvalue weighted by Crippen LogP contribution is -2.29. The average molecular weight is 282 g/mol. The van der Waals surface area contributed by atoms with Crippen molar-refractivity contribution < 1.29 is 4.79 Å². The second-order valence-electron chi connectivity index (χ2n) is 6.04. The van der Waals surface area contributed by atoms with Crippen molar-refractivity contribution in [3.05, 3.63) is 42.6 Å². The molecule has 1 aliphatic carbocycles. The molecule has 108 valence electrons. The molecule has 0 radical (unpaired) electrons. The molecule has 0 aromatic carbocycles. The summed E-state index contributed by atoms with van der Waals surface area (Å²) >= 11 is 0. The zero-order valence-electron chi connectivity index (χ0n) is 11.9. The topological polar surface area (TPSA) is 51.0 Å². The summed E-state index contributed by atoms with van der Waals surface area (Å²) in [6.45, 7) is 1.85. The largest absolute Gasteiger partial charge is 0.338 e. The molecule has 1 amide bonds. The zero-order valence-corrected chi connectivity index (χ0v) is 11.9. The van der Waals surface area contributed by atoms with Crippen LogP contribution in [-0.2, 0) is 0 Å². The van der Waals surface area contributed by atoms with Crippen molar-refractivity contribution >= 4 is 5.91 Å². The van der Waals surface area contributed by atoms with E-state index in [9.17, 15) is 4.79 Å². The standard InChI is InChI=1S/C16H18N4O/c21-16(20-9-13-2-1-3-14(13)10-20)12-4-5-15(18-8-12)19-7-6-17-11-19/h4-8,11,13-14H,1-3,9-10H2/t13-,14+. The molecular weight excluding hydrogens is 264 g/mol. The molecule has 4 rings (SSSR count). The number of amides is 1. The van der Waals surface area contributed by atoms with Gasteiger partial charge in [0.15, 0.2) is 0 Å². The Kier molecular flexibility index (Phi) is 2.98. The Bertz CT molecular complexity index is 623. The van der Waals surface area contributed by atoms with E-state index < -0.39 is 0 Å². The molecule has 3 heterocycles. The molecule has 2 aliphatic rings. The first-order valence-electron chi connectivity index (χ1n) is 7.55. The van der Waals surface area contributed by atoms with Gasteiger partial charge >= 0.3 is 0 Å². The predicted molar refractivity (Wildman–Crippen MR) is 78.1 cm³/mol. The van der Waals surface area contributed by atoms with Gasteiger partial charge in [-0.15, -0.1) is 0 Å². The maximum atomic E-state index is 12.5. The molecule has 0 unspecified atom stereocenters. The number of nitrogens with zero attached hydrogens (tertiary/aromatic N) is 4. The van der Waals surface area contributed by atoms with Gasteiger partial charge in [0.25, 0.3) is 5.91 Å². The number of fused-ring (bicyclic) bond motifs is 1. The molecule has 21 heavy (non-hydrogen) atoms. The van der Waals surface area contributed by atoms with Crippen LogP contribution < -0.4 is 0 Å². The first-order chi connectivity index (χ1) is 10.3. The van der Waals surface area contributed by atoms with Crippen LogP contribution >= 0.6 is 0 Å². The number of imidazole rings is 1. The summed E-state index contributed by atoms with van der Waals surface area (Å²) in [5.74, 6) is 2.36. The van der Waals surface area contributed by atoms with Gasteiger partial charge in [-0.1, -0.05) is 6.42 Å². The van der Waals surface area contributed by atoms with E-state index in [1.54, 1.807) is 18.7 Å². The van der Waals surface area contributed by atoms with E-state index in [4.69, 9.17) is 0 Å². The number of pyridine rings is 1. The molecule has 0 N–H and O–H groups in total. The van der Waals surface area contributed by atoms with E-state index in [2.05, 4.69) is 9.97 Å². The van der Waals surface area contributed by atoms with E-state index in [0.717, 1.165) is 30.7 Å². The minimum absolute atomic E-state index is 0.120. The van der Waals surface area contributed by atoms with Crippen LogP contribution in [0.2, 0.25) is 0 Å². The van der Waals surface area contributed by atoms with Crippen molar-refractivity contribution in [3.63, 3.8) is 0 Å². The summed E-state index contributed by atoms with van der Waals surface area (Å²) in [4.78, 5) is 22.9. The van der Waals surface area contributed by atoms with Gasteiger partial charge in [-0.2, -0.15) is 0 Å². The predicted octanol–water partition coefficient (Wildman–Crippen LogP) is 2.14. The fraction of sp³-hybridized carbons (Fsp3) is 0.438. The minimum atomic E-state index is 0.120. The lowest BCUT2D eigenvalue weighted by atomic mass is 10.0. The maximum absolute atomic E-state index is 12.5. The molecule has 2 aromatic rings. The van der Waals surface area contributed by atoms with Gasteiger partial charge in [-0.05, 0) is 36.8 Å². The molecule has 2 fully saturated rings. The second kappa shape index (κ2) is 4.98. The third-order valence-electron chi connectivity index (χ3n) is 4.78. The van der Waals surface area contributed by atoms with Crippen LogP contribution in [0.5, 0.6) is 0 Å². The third kappa shape index (κ3) is 2.22. The maximum Gasteiger partial charge on any atom is 0.255 e. The summed E-state index contributed by atoms with van der Waals surface area (Å²) < 4.78 is 1.83. The Balaban J connectivity index is 1.50. The van der Waals surface area contributed by atoms with Crippen LogP contribution in [0.4, 0.5) is 0 Å². The molecule has 2 aromatic heterocycles. The lowest BCUT2D eigenvalue weighted by Gasteiger charge is -2.17. The van der Waals surface area contributed by atoms with E-state index >= 15 is 0 Å². The van der Waals surface area contributed by atoms with E-state index in [1.807, 2.05) is 27.8 Å². The molecule has 5 heteroatoms. The molecule has 1 aliphatic heterocycles. The monoisotopic (exact) mass is 282 g/mol. The number of carbonyl (C=O) groups excluding carboxylic acids is 1. The van der Waals surface area contributed by atoms with Gasteiger partial charge in [0.05, 0.1) is 5.56 Å². The quantitative estimate of drug-likeness (QED) is 0.848. The molecule has 0 bridgehead atoms. The normalized spacial score (nSPS) is 24.3. The summed E-state index contributed by atoms with van der Waals surface area (Å²) in [7, 11) is 0. The highest BCUT2D eigenvalue weighted by Gasteiger charge is 2.38. The van der Waals surface area contributed by atoms with Gasteiger partial charge < -0.3 is 4.90 Å². The summed E-state index contributed by atoms with van der Waals surface area (Å²) in [6.07, 6.45) is 10.8. The molecule has 1 saturated heterocycles. The first kappa shape index (κ1) is 12.6. The molecule has 0 spiro atoms. The van der Waals surface area contributed by atoms with Gasteiger partial charge in [0.2, 0.25) is 0 Å². The Morgan fingerprint density at radius 1 is 1.19 bits per heavy atom. The van der Waals surface area contributed by atoms with Crippen LogP contribution in [0.25, 0.3) is 5.82 Å². The van der Waals surface area contributed by atoms with Gasteiger partial charge in [-0.3, -0.25) is 9.36 Å². The van der Waals surface area contributed by atoms with Crippen molar-refractivity contribution in [3.8, 4) is 5.82 Å². The smallest absolute Gasteiger partial charge is 0.255 e. The molecule has 2 atom stereocenters. The van der Waals surface area contributed by atoms with Crippen molar-refractivity contribution in [1.82, 2.24) is 19.4 Å².